The zero-order valence-electron chi connectivity index (χ0n) is 8.84. The Hall–Kier alpha value is -2.24. The van der Waals surface area contributed by atoms with Crippen molar-refractivity contribution in [1.82, 2.24) is 4.98 Å². The zero-order chi connectivity index (χ0) is 12.0. The Bertz CT molecular complexity index is 421. The van der Waals surface area contributed by atoms with Crippen LogP contribution < -0.4 is 11.5 Å². The minimum absolute atomic E-state index is 0.0293. The predicted octanol–water partition coefficient (Wildman–Crippen LogP) is 0.623. The van der Waals surface area contributed by atoms with Crippen molar-refractivity contribution >= 4 is 11.5 Å². The van der Waals surface area contributed by atoms with Crippen LogP contribution in [0.15, 0.2) is 29.1 Å². The number of oxazole rings is 1. The quantitative estimate of drug-likeness (QED) is 0.572. The molecular formula is C10H13N3O3. The summed E-state index contributed by atoms with van der Waals surface area (Å²) in [6.07, 6.45) is 5.37. The maximum absolute atomic E-state index is 11.3. The molecule has 1 aromatic heterocycles. The highest BCUT2D eigenvalue weighted by Crippen LogP contribution is 2.15. The van der Waals surface area contributed by atoms with E-state index in [1.807, 2.05) is 0 Å². The molecule has 0 aliphatic rings. The average molecular weight is 223 g/mol. The first-order valence-electron chi connectivity index (χ1n) is 4.66. The Morgan fingerprint density at radius 2 is 2.38 bits per heavy atom. The lowest BCUT2D eigenvalue weighted by molar-refractivity contribution is 0.0489. The van der Waals surface area contributed by atoms with E-state index in [0.717, 1.165) is 0 Å². The lowest BCUT2D eigenvalue weighted by atomic mass is 10.3. The van der Waals surface area contributed by atoms with Gasteiger partial charge in [-0.1, -0.05) is 0 Å². The molecule has 0 unspecified atom stereocenters. The van der Waals surface area contributed by atoms with E-state index in [4.69, 9.17) is 20.6 Å². The molecule has 6 nitrogen and oxygen atoms in total. The van der Waals surface area contributed by atoms with E-state index in [9.17, 15) is 4.79 Å². The molecule has 0 saturated carbocycles. The van der Waals surface area contributed by atoms with E-state index in [1.54, 1.807) is 6.92 Å². The molecule has 4 N–H and O–H groups in total. The Morgan fingerprint density at radius 1 is 1.62 bits per heavy atom. The second-order valence-electron chi connectivity index (χ2n) is 2.73. The molecule has 0 aromatic carbocycles. The van der Waals surface area contributed by atoms with Gasteiger partial charge in [0, 0.05) is 6.20 Å². The second-order valence-corrected chi connectivity index (χ2v) is 2.73. The van der Waals surface area contributed by atoms with E-state index < -0.39 is 5.97 Å². The lowest BCUT2D eigenvalue weighted by Gasteiger charge is -1.96. The molecule has 16 heavy (non-hydrogen) atoms. The number of carbonyl (C=O) groups is 1. The number of nitrogens with zero attached hydrogens (tertiary/aromatic N) is 1. The SMILES string of the molecule is CCOC(=O)c1cnc(C(/C=C\N)=C/N)o1. The summed E-state index contributed by atoms with van der Waals surface area (Å²) in [5, 5.41) is 0. The fraction of sp³-hybridized carbons (Fsp3) is 0.200. The molecule has 86 valence electrons. The minimum atomic E-state index is -0.561. The van der Waals surface area contributed by atoms with E-state index >= 15 is 0 Å². The molecule has 0 amide bonds. The predicted molar refractivity (Wildman–Crippen MR) is 58.0 cm³/mol. The van der Waals surface area contributed by atoms with E-state index in [-0.39, 0.29) is 18.3 Å². The first-order chi connectivity index (χ1) is 7.72. The van der Waals surface area contributed by atoms with Gasteiger partial charge in [-0.3, -0.25) is 0 Å². The first-order valence-corrected chi connectivity index (χ1v) is 4.66. The van der Waals surface area contributed by atoms with E-state index in [1.165, 1.54) is 24.7 Å². The van der Waals surface area contributed by atoms with Crippen LogP contribution in [0, 0.1) is 0 Å². The molecular weight excluding hydrogens is 210 g/mol. The van der Waals surface area contributed by atoms with Crippen molar-refractivity contribution in [2.75, 3.05) is 6.61 Å². The fourth-order valence-corrected chi connectivity index (χ4v) is 1.01. The molecule has 1 heterocycles. The van der Waals surface area contributed by atoms with E-state index in [2.05, 4.69) is 4.98 Å². The molecule has 0 radical (unpaired) electrons. The van der Waals surface area contributed by atoms with Gasteiger partial charge in [0.2, 0.25) is 11.7 Å². The Balaban J connectivity index is 2.90. The molecule has 0 spiro atoms. The van der Waals surface area contributed by atoms with Gasteiger partial charge in [-0.2, -0.15) is 0 Å². The van der Waals surface area contributed by atoms with Gasteiger partial charge in [-0.15, -0.1) is 0 Å². The van der Waals surface area contributed by atoms with Crippen LogP contribution in [-0.4, -0.2) is 17.6 Å². The van der Waals surface area contributed by atoms with Gasteiger partial charge in [0.25, 0.3) is 0 Å². The zero-order valence-corrected chi connectivity index (χ0v) is 8.84. The number of nitrogens with two attached hydrogens (primary N) is 2. The third kappa shape index (κ3) is 2.63. The summed E-state index contributed by atoms with van der Waals surface area (Å²) in [5.74, 6) is -0.316. The van der Waals surface area contributed by atoms with Crippen molar-refractivity contribution in [1.29, 1.82) is 0 Å². The summed E-state index contributed by atoms with van der Waals surface area (Å²) in [6, 6.07) is 0. The van der Waals surface area contributed by atoms with Crippen LogP contribution in [0.4, 0.5) is 0 Å². The van der Waals surface area contributed by atoms with Crippen LogP contribution in [0.3, 0.4) is 0 Å². The standard InChI is InChI=1S/C10H13N3O3/c1-2-15-10(14)8-6-13-9(16-8)7(5-12)3-4-11/h3-6H,2,11-12H2,1H3/b4-3-,7-5+. The lowest BCUT2D eigenvalue weighted by Crippen LogP contribution is -2.02. The van der Waals surface area contributed by atoms with Crippen molar-refractivity contribution in [2.45, 2.75) is 6.92 Å². The number of esters is 1. The topological polar surface area (TPSA) is 104 Å². The van der Waals surface area contributed by atoms with Crippen LogP contribution in [0.2, 0.25) is 0 Å². The molecule has 0 fully saturated rings. The van der Waals surface area contributed by atoms with Crippen molar-refractivity contribution in [3.05, 3.63) is 36.3 Å². The fourth-order valence-electron chi connectivity index (χ4n) is 1.01. The summed E-state index contributed by atoms with van der Waals surface area (Å²) in [6.45, 7) is 1.98. The molecule has 1 aromatic rings. The van der Waals surface area contributed by atoms with Crippen molar-refractivity contribution < 1.29 is 13.9 Å². The average Bonchev–Trinajstić information content (AvgIpc) is 2.75. The highest BCUT2D eigenvalue weighted by molar-refractivity contribution is 5.86. The number of carbonyl (C=O) groups excluding carboxylic acids is 1. The number of hydrogen-bond donors (Lipinski definition) is 2. The molecule has 0 saturated heterocycles. The summed E-state index contributed by atoms with van der Waals surface area (Å²) < 4.78 is 9.91. The number of hydrogen-bond acceptors (Lipinski definition) is 6. The Labute approximate surface area is 92.6 Å². The minimum Gasteiger partial charge on any atom is -0.460 e. The Morgan fingerprint density at radius 3 is 2.94 bits per heavy atom. The van der Waals surface area contributed by atoms with Gasteiger partial charge in [-0.25, -0.2) is 9.78 Å². The van der Waals surface area contributed by atoms with Gasteiger partial charge in [-0.05, 0) is 19.2 Å². The number of allylic oxidation sites excluding steroid dienone is 2. The highest BCUT2D eigenvalue weighted by atomic mass is 16.5. The maximum Gasteiger partial charge on any atom is 0.375 e. The molecule has 0 aliphatic heterocycles. The normalized spacial score (nSPS) is 11.9. The largest absolute Gasteiger partial charge is 0.460 e. The number of aromatic nitrogens is 1. The van der Waals surface area contributed by atoms with Gasteiger partial charge < -0.3 is 20.6 Å². The maximum atomic E-state index is 11.3. The van der Waals surface area contributed by atoms with Crippen molar-refractivity contribution in [3.8, 4) is 0 Å². The van der Waals surface area contributed by atoms with Crippen molar-refractivity contribution in [2.24, 2.45) is 11.5 Å². The molecule has 0 atom stereocenters. The summed E-state index contributed by atoms with van der Waals surface area (Å²) >= 11 is 0. The summed E-state index contributed by atoms with van der Waals surface area (Å²) in [4.78, 5) is 15.2. The molecule has 0 bridgehead atoms. The van der Waals surface area contributed by atoms with Gasteiger partial charge in [0.05, 0.1) is 18.4 Å². The van der Waals surface area contributed by atoms with Crippen LogP contribution >= 0.6 is 0 Å². The van der Waals surface area contributed by atoms with Gasteiger partial charge in [0.1, 0.15) is 0 Å². The summed E-state index contributed by atoms with van der Waals surface area (Å²) in [7, 11) is 0. The van der Waals surface area contributed by atoms with Crippen LogP contribution in [0.5, 0.6) is 0 Å². The smallest absolute Gasteiger partial charge is 0.375 e. The van der Waals surface area contributed by atoms with Crippen LogP contribution in [-0.2, 0) is 4.74 Å². The van der Waals surface area contributed by atoms with Crippen LogP contribution in [0.1, 0.15) is 23.4 Å². The van der Waals surface area contributed by atoms with E-state index in [0.29, 0.717) is 5.57 Å². The molecule has 1 rings (SSSR count). The highest BCUT2D eigenvalue weighted by Gasteiger charge is 2.14. The van der Waals surface area contributed by atoms with Crippen LogP contribution in [0.25, 0.3) is 5.57 Å². The summed E-state index contributed by atoms with van der Waals surface area (Å²) in [5.41, 5.74) is 11.1. The third-order valence-electron chi connectivity index (χ3n) is 1.68. The second kappa shape index (κ2) is 5.59. The van der Waals surface area contributed by atoms with Gasteiger partial charge in [0.15, 0.2) is 0 Å². The monoisotopic (exact) mass is 223 g/mol. The third-order valence-corrected chi connectivity index (χ3v) is 1.68. The van der Waals surface area contributed by atoms with Crippen molar-refractivity contribution in [3.63, 3.8) is 0 Å². The van der Waals surface area contributed by atoms with Gasteiger partial charge >= 0.3 is 5.97 Å². The molecule has 0 aliphatic carbocycles. The number of ether oxygens (including phenoxy) is 1. The molecule has 6 heteroatoms. The Kier molecular flexibility index (Phi) is 4.14. The first kappa shape index (κ1) is 11.8. The number of rotatable bonds is 4.